The molecule has 164 valence electrons. The first-order valence-electron chi connectivity index (χ1n) is 11.4. The average molecular weight is 408 g/mol. The third kappa shape index (κ3) is 7.91. The monoisotopic (exact) mass is 407 g/mol. The number of benzene rings is 2. The summed E-state index contributed by atoms with van der Waals surface area (Å²) in [6, 6.07) is 18.1. The Kier molecular flexibility index (Phi) is 12.7. The first-order valence-corrected chi connectivity index (χ1v) is 11.4. The Bertz CT molecular complexity index is 709. The van der Waals surface area contributed by atoms with Crippen LogP contribution in [0.3, 0.4) is 0 Å². The van der Waals surface area contributed by atoms with Crippen LogP contribution in [0.5, 0.6) is 0 Å². The Morgan fingerprint density at radius 1 is 0.867 bits per heavy atom. The first kappa shape index (κ1) is 25.8. The molecule has 0 aromatic heterocycles. The highest BCUT2D eigenvalue weighted by Crippen LogP contribution is 2.38. The lowest BCUT2D eigenvalue weighted by molar-refractivity contribution is -0.0979. The van der Waals surface area contributed by atoms with Crippen LogP contribution in [0.25, 0.3) is 16.7 Å². The number of carbonyl (C=O) groups is 1. The number of hydrogen-bond acceptors (Lipinski definition) is 2. The lowest BCUT2D eigenvalue weighted by Crippen LogP contribution is -2.13. The number of unbranched alkanes of at least 4 members (excludes halogenated alkanes) is 2. The standard InChI is InChI=1S/C26H34.CH5N.CH2O/c1-4-5-6-7-21-8-10-23(11-9-21)25-16-18-26(19-17-25)24-14-12-22(13-15-24)20(2)3;2*1-2/h12-19,21,23H,2,4-11H2,1,3H3;2H2,1H3;1H2. The Labute approximate surface area is 184 Å². The summed E-state index contributed by atoms with van der Waals surface area (Å²) in [5.74, 6) is 1.76. The maximum absolute atomic E-state index is 8.00. The van der Waals surface area contributed by atoms with Crippen molar-refractivity contribution in [3.8, 4) is 11.1 Å². The van der Waals surface area contributed by atoms with Gasteiger partial charge in [0.25, 0.3) is 0 Å². The van der Waals surface area contributed by atoms with Crippen LogP contribution >= 0.6 is 0 Å². The molecular formula is C28H41NO. The third-order valence-corrected chi connectivity index (χ3v) is 6.16. The van der Waals surface area contributed by atoms with E-state index in [0.717, 1.165) is 17.4 Å². The molecule has 3 rings (SSSR count). The Morgan fingerprint density at radius 2 is 1.37 bits per heavy atom. The largest absolute Gasteiger partial charge is 0.333 e. The van der Waals surface area contributed by atoms with Gasteiger partial charge in [0, 0.05) is 0 Å². The summed E-state index contributed by atoms with van der Waals surface area (Å²) in [6.07, 6.45) is 11.3. The minimum absolute atomic E-state index is 0.775. The van der Waals surface area contributed by atoms with Crippen molar-refractivity contribution in [2.45, 2.75) is 71.1 Å². The topological polar surface area (TPSA) is 43.1 Å². The molecule has 1 fully saturated rings. The van der Waals surface area contributed by atoms with E-state index in [1.807, 2.05) is 6.79 Å². The smallest absolute Gasteiger partial charge is 0.106 e. The van der Waals surface area contributed by atoms with Gasteiger partial charge < -0.3 is 10.5 Å². The molecule has 2 aromatic carbocycles. The number of rotatable bonds is 7. The SMILES string of the molecule is C=C(C)c1ccc(-c2ccc(C3CCC(CCCCC)CC3)cc2)cc1.C=O.CN. The summed E-state index contributed by atoms with van der Waals surface area (Å²) < 4.78 is 0. The second kappa shape index (κ2) is 14.7. The maximum Gasteiger partial charge on any atom is 0.106 e. The molecule has 2 heteroatoms. The van der Waals surface area contributed by atoms with E-state index in [2.05, 4.69) is 74.7 Å². The average Bonchev–Trinajstić information content (AvgIpc) is 2.82. The third-order valence-electron chi connectivity index (χ3n) is 6.16. The minimum Gasteiger partial charge on any atom is -0.333 e. The molecule has 0 radical (unpaired) electrons. The van der Waals surface area contributed by atoms with E-state index >= 15 is 0 Å². The van der Waals surface area contributed by atoms with Crippen molar-refractivity contribution in [1.82, 2.24) is 0 Å². The molecule has 0 amide bonds. The van der Waals surface area contributed by atoms with Crippen molar-refractivity contribution in [3.05, 3.63) is 66.2 Å². The molecule has 1 aliphatic carbocycles. The fraction of sp³-hybridized carbons (Fsp3) is 0.464. The van der Waals surface area contributed by atoms with Crippen molar-refractivity contribution in [1.29, 1.82) is 0 Å². The van der Waals surface area contributed by atoms with Crippen molar-refractivity contribution in [2.75, 3.05) is 7.05 Å². The summed E-state index contributed by atoms with van der Waals surface area (Å²) in [6.45, 7) is 10.4. The van der Waals surface area contributed by atoms with Crippen LogP contribution in [0, 0.1) is 5.92 Å². The van der Waals surface area contributed by atoms with Gasteiger partial charge in [0.05, 0.1) is 0 Å². The molecule has 0 unspecified atom stereocenters. The Balaban J connectivity index is 0.00000106. The predicted molar refractivity (Wildman–Crippen MR) is 133 cm³/mol. The highest BCUT2D eigenvalue weighted by molar-refractivity contribution is 5.68. The highest BCUT2D eigenvalue weighted by atomic mass is 16.1. The molecule has 0 aliphatic heterocycles. The van der Waals surface area contributed by atoms with E-state index in [-0.39, 0.29) is 0 Å². The zero-order chi connectivity index (χ0) is 22.4. The van der Waals surface area contributed by atoms with Crippen LogP contribution < -0.4 is 5.73 Å². The second-order valence-corrected chi connectivity index (χ2v) is 8.19. The fourth-order valence-corrected chi connectivity index (χ4v) is 4.36. The molecule has 1 aliphatic rings. The number of hydrogen-bond donors (Lipinski definition) is 1. The second-order valence-electron chi connectivity index (χ2n) is 8.19. The molecule has 2 nitrogen and oxygen atoms in total. The van der Waals surface area contributed by atoms with E-state index in [9.17, 15) is 0 Å². The summed E-state index contributed by atoms with van der Waals surface area (Å²) in [5.41, 5.74) is 11.0. The molecule has 0 heterocycles. The van der Waals surface area contributed by atoms with Crippen LogP contribution in [0.4, 0.5) is 0 Å². The Hall–Kier alpha value is -2.19. The van der Waals surface area contributed by atoms with E-state index < -0.39 is 0 Å². The molecular weight excluding hydrogens is 366 g/mol. The summed E-state index contributed by atoms with van der Waals surface area (Å²) in [5, 5.41) is 0. The maximum atomic E-state index is 8.00. The van der Waals surface area contributed by atoms with Crippen LogP contribution in [-0.2, 0) is 4.79 Å². The first-order chi connectivity index (χ1) is 14.7. The van der Waals surface area contributed by atoms with Gasteiger partial charge in [-0.3, -0.25) is 0 Å². The van der Waals surface area contributed by atoms with E-state index in [0.29, 0.717) is 0 Å². The van der Waals surface area contributed by atoms with Crippen LogP contribution in [0.15, 0.2) is 55.1 Å². The van der Waals surface area contributed by atoms with Crippen LogP contribution in [0.2, 0.25) is 0 Å². The van der Waals surface area contributed by atoms with Gasteiger partial charge >= 0.3 is 0 Å². The molecule has 0 saturated heterocycles. The van der Waals surface area contributed by atoms with Crippen molar-refractivity contribution in [2.24, 2.45) is 11.7 Å². The van der Waals surface area contributed by atoms with E-state index in [1.165, 1.54) is 75.1 Å². The molecule has 0 bridgehead atoms. The van der Waals surface area contributed by atoms with Crippen molar-refractivity contribution < 1.29 is 4.79 Å². The molecule has 2 aromatic rings. The van der Waals surface area contributed by atoms with E-state index in [1.54, 1.807) is 5.56 Å². The summed E-state index contributed by atoms with van der Waals surface area (Å²) >= 11 is 0. The highest BCUT2D eigenvalue weighted by Gasteiger charge is 2.21. The molecule has 2 N–H and O–H groups in total. The number of allylic oxidation sites excluding steroid dienone is 1. The molecule has 0 spiro atoms. The van der Waals surface area contributed by atoms with Crippen molar-refractivity contribution >= 4 is 12.4 Å². The molecule has 30 heavy (non-hydrogen) atoms. The van der Waals surface area contributed by atoms with Gasteiger partial charge in [0.1, 0.15) is 6.79 Å². The van der Waals surface area contributed by atoms with Crippen LogP contribution in [0.1, 0.15) is 82.3 Å². The lowest BCUT2D eigenvalue weighted by atomic mass is 9.77. The lowest BCUT2D eigenvalue weighted by Gasteiger charge is -2.29. The fourth-order valence-electron chi connectivity index (χ4n) is 4.36. The van der Waals surface area contributed by atoms with Gasteiger partial charge in [-0.1, -0.05) is 93.3 Å². The van der Waals surface area contributed by atoms with Gasteiger partial charge in [-0.25, -0.2) is 0 Å². The number of carbonyl (C=O) groups excluding carboxylic acids is 1. The van der Waals surface area contributed by atoms with Gasteiger partial charge in [0.15, 0.2) is 0 Å². The van der Waals surface area contributed by atoms with Crippen LogP contribution in [-0.4, -0.2) is 13.8 Å². The predicted octanol–water partition coefficient (Wildman–Crippen LogP) is 7.63. The summed E-state index contributed by atoms with van der Waals surface area (Å²) in [7, 11) is 1.50. The Morgan fingerprint density at radius 3 is 1.83 bits per heavy atom. The molecule has 0 atom stereocenters. The van der Waals surface area contributed by atoms with Gasteiger partial charge in [-0.15, -0.1) is 0 Å². The van der Waals surface area contributed by atoms with Gasteiger partial charge in [0.2, 0.25) is 0 Å². The van der Waals surface area contributed by atoms with Crippen molar-refractivity contribution in [3.63, 3.8) is 0 Å². The normalized spacial score (nSPS) is 17.7. The number of nitrogens with two attached hydrogens (primary N) is 1. The van der Waals surface area contributed by atoms with E-state index in [4.69, 9.17) is 4.79 Å². The quantitative estimate of drug-likeness (QED) is 0.479. The molecule has 1 saturated carbocycles. The zero-order valence-electron chi connectivity index (χ0n) is 19.3. The minimum atomic E-state index is 0.775. The zero-order valence-corrected chi connectivity index (χ0v) is 19.3. The van der Waals surface area contributed by atoms with Gasteiger partial charge in [-0.2, -0.15) is 0 Å². The summed E-state index contributed by atoms with van der Waals surface area (Å²) in [4.78, 5) is 8.00. The van der Waals surface area contributed by atoms with Gasteiger partial charge in [-0.05, 0) is 73.7 Å².